The fourth-order valence-electron chi connectivity index (χ4n) is 1.67. The molecule has 0 aromatic heterocycles. The normalized spacial score (nSPS) is 10.1. The second kappa shape index (κ2) is 5.80. The molecular formula is C15H15FN2S. The van der Waals surface area contributed by atoms with Gasteiger partial charge in [0.25, 0.3) is 0 Å². The van der Waals surface area contributed by atoms with Gasteiger partial charge < -0.3 is 10.6 Å². The number of halogens is 1. The van der Waals surface area contributed by atoms with E-state index in [0.717, 1.165) is 11.3 Å². The van der Waals surface area contributed by atoms with Crippen LogP contribution in [0.4, 0.5) is 15.8 Å². The molecule has 0 fully saturated rings. The van der Waals surface area contributed by atoms with Crippen molar-refractivity contribution in [2.45, 2.75) is 13.8 Å². The Morgan fingerprint density at radius 3 is 2.42 bits per heavy atom. The molecule has 0 saturated heterocycles. The van der Waals surface area contributed by atoms with Gasteiger partial charge in [-0.05, 0) is 55.4 Å². The number of anilines is 2. The third-order valence-corrected chi connectivity index (χ3v) is 3.03. The predicted molar refractivity (Wildman–Crippen MR) is 82.2 cm³/mol. The van der Waals surface area contributed by atoms with E-state index in [9.17, 15) is 4.39 Å². The lowest BCUT2D eigenvalue weighted by Gasteiger charge is -2.12. The van der Waals surface area contributed by atoms with E-state index in [-0.39, 0.29) is 5.82 Å². The van der Waals surface area contributed by atoms with Crippen LogP contribution in [0.5, 0.6) is 0 Å². The lowest BCUT2D eigenvalue weighted by Crippen LogP contribution is -2.19. The Balaban J connectivity index is 2.05. The standard InChI is InChI=1S/C15H15FN2S/c1-10-7-8-12(9-13(10)16)17-15(19)18-14-6-4-3-5-11(14)2/h3-9H,1-2H3,(H2,17,18,19). The molecule has 2 N–H and O–H groups in total. The van der Waals surface area contributed by atoms with Crippen LogP contribution in [0.2, 0.25) is 0 Å². The molecule has 0 bridgehead atoms. The van der Waals surface area contributed by atoms with Gasteiger partial charge in [-0.3, -0.25) is 0 Å². The van der Waals surface area contributed by atoms with Gasteiger partial charge in [0.05, 0.1) is 0 Å². The minimum atomic E-state index is -0.247. The van der Waals surface area contributed by atoms with Crippen molar-refractivity contribution in [3.63, 3.8) is 0 Å². The fraction of sp³-hybridized carbons (Fsp3) is 0.133. The van der Waals surface area contributed by atoms with Crippen LogP contribution in [0.3, 0.4) is 0 Å². The number of hydrogen-bond acceptors (Lipinski definition) is 1. The van der Waals surface area contributed by atoms with Crippen LogP contribution in [-0.2, 0) is 0 Å². The maximum absolute atomic E-state index is 13.4. The van der Waals surface area contributed by atoms with Crippen LogP contribution in [0, 0.1) is 19.7 Å². The summed E-state index contributed by atoms with van der Waals surface area (Å²) in [5, 5.41) is 6.50. The first kappa shape index (κ1) is 13.5. The Hall–Kier alpha value is -1.94. The molecular weight excluding hydrogens is 259 g/mol. The Bertz CT molecular complexity index is 611. The first-order valence-electron chi connectivity index (χ1n) is 5.96. The minimum absolute atomic E-state index is 0.247. The summed E-state index contributed by atoms with van der Waals surface area (Å²) in [6.45, 7) is 3.72. The van der Waals surface area contributed by atoms with E-state index >= 15 is 0 Å². The summed E-state index contributed by atoms with van der Waals surface area (Å²) in [7, 11) is 0. The molecule has 0 saturated carbocycles. The third-order valence-electron chi connectivity index (χ3n) is 2.82. The first-order chi connectivity index (χ1) is 9.06. The van der Waals surface area contributed by atoms with Gasteiger partial charge in [-0.2, -0.15) is 0 Å². The zero-order valence-electron chi connectivity index (χ0n) is 10.8. The summed E-state index contributed by atoms with van der Waals surface area (Å²) in [6, 6.07) is 12.8. The highest BCUT2D eigenvalue weighted by Gasteiger charge is 2.03. The van der Waals surface area contributed by atoms with Crippen molar-refractivity contribution in [1.82, 2.24) is 0 Å². The summed E-state index contributed by atoms with van der Waals surface area (Å²) in [4.78, 5) is 0. The summed E-state index contributed by atoms with van der Waals surface area (Å²) in [5.74, 6) is -0.247. The molecule has 0 heterocycles. The molecule has 0 unspecified atom stereocenters. The number of hydrogen-bond donors (Lipinski definition) is 2. The molecule has 0 spiro atoms. The second-order valence-corrected chi connectivity index (χ2v) is 4.77. The highest BCUT2D eigenvalue weighted by atomic mass is 32.1. The molecule has 0 amide bonds. The number of para-hydroxylation sites is 1. The molecule has 0 aliphatic rings. The highest BCUT2D eigenvalue weighted by molar-refractivity contribution is 7.80. The second-order valence-electron chi connectivity index (χ2n) is 4.36. The molecule has 0 atom stereocenters. The van der Waals surface area contributed by atoms with Crippen molar-refractivity contribution in [1.29, 1.82) is 0 Å². The van der Waals surface area contributed by atoms with E-state index in [1.165, 1.54) is 6.07 Å². The Morgan fingerprint density at radius 2 is 1.74 bits per heavy atom. The van der Waals surface area contributed by atoms with Crippen molar-refractivity contribution in [2.75, 3.05) is 10.6 Å². The quantitative estimate of drug-likeness (QED) is 0.800. The van der Waals surface area contributed by atoms with Crippen molar-refractivity contribution >= 4 is 28.7 Å². The largest absolute Gasteiger partial charge is 0.332 e. The van der Waals surface area contributed by atoms with Gasteiger partial charge in [-0.25, -0.2) is 4.39 Å². The van der Waals surface area contributed by atoms with Crippen molar-refractivity contribution in [3.05, 3.63) is 59.4 Å². The van der Waals surface area contributed by atoms with E-state index in [2.05, 4.69) is 10.6 Å². The molecule has 98 valence electrons. The Kier molecular flexibility index (Phi) is 4.12. The van der Waals surface area contributed by atoms with Gasteiger partial charge in [0, 0.05) is 11.4 Å². The molecule has 2 aromatic rings. The number of benzene rings is 2. The molecule has 4 heteroatoms. The Labute approximate surface area is 117 Å². The average Bonchev–Trinajstić information content (AvgIpc) is 2.37. The van der Waals surface area contributed by atoms with E-state index < -0.39 is 0 Å². The van der Waals surface area contributed by atoms with Crippen LogP contribution >= 0.6 is 12.2 Å². The molecule has 0 aliphatic heterocycles. The number of nitrogens with one attached hydrogen (secondary N) is 2. The van der Waals surface area contributed by atoms with Gasteiger partial charge in [-0.1, -0.05) is 24.3 Å². The summed E-state index contributed by atoms with van der Waals surface area (Å²) in [6.07, 6.45) is 0. The van der Waals surface area contributed by atoms with Gasteiger partial charge in [0.15, 0.2) is 5.11 Å². The zero-order valence-corrected chi connectivity index (χ0v) is 11.6. The average molecular weight is 274 g/mol. The number of rotatable bonds is 2. The predicted octanol–water partition coefficient (Wildman–Crippen LogP) is 4.25. The van der Waals surface area contributed by atoms with Crippen molar-refractivity contribution in [2.24, 2.45) is 0 Å². The Morgan fingerprint density at radius 1 is 1.00 bits per heavy atom. The van der Waals surface area contributed by atoms with E-state index in [0.29, 0.717) is 16.4 Å². The molecule has 0 aliphatic carbocycles. The fourth-order valence-corrected chi connectivity index (χ4v) is 1.90. The maximum atomic E-state index is 13.4. The monoisotopic (exact) mass is 274 g/mol. The maximum Gasteiger partial charge on any atom is 0.175 e. The lowest BCUT2D eigenvalue weighted by molar-refractivity contribution is 0.619. The molecule has 19 heavy (non-hydrogen) atoms. The van der Waals surface area contributed by atoms with Crippen LogP contribution in [0.1, 0.15) is 11.1 Å². The molecule has 2 nitrogen and oxygen atoms in total. The van der Waals surface area contributed by atoms with E-state index in [1.807, 2.05) is 31.2 Å². The summed E-state index contributed by atoms with van der Waals surface area (Å²) < 4.78 is 13.4. The lowest BCUT2D eigenvalue weighted by atomic mass is 10.2. The SMILES string of the molecule is Cc1ccc(NC(=S)Nc2ccccc2C)cc1F. The van der Waals surface area contributed by atoms with E-state index in [4.69, 9.17) is 12.2 Å². The minimum Gasteiger partial charge on any atom is -0.332 e. The summed E-state index contributed by atoms with van der Waals surface area (Å²) >= 11 is 5.21. The smallest absolute Gasteiger partial charge is 0.175 e. The van der Waals surface area contributed by atoms with Crippen LogP contribution < -0.4 is 10.6 Å². The third kappa shape index (κ3) is 3.51. The van der Waals surface area contributed by atoms with Crippen molar-refractivity contribution < 1.29 is 4.39 Å². The van der Waals surface area contributed by atoms with Crippen molar-refractivity contribution in [3.8, 4) is 0 Å². The number of aryl methyl sites for hydroxylation is 2. The topological polar surface area (TPSA) is 24.1 Å². The summed E-state index contributed by atoms with van der Waals surface area (Å²) in [5.41, 5.74) is 3.28. The van der Waals surface area contributed by atoms with Crippen LogP contribution in [-0.4, -0.2) is 5.11 Å². The van der Waals surface area contributed by atoms with Crippen LogP contribution in [0.25, 0.3) is 0 Å². The number of thiocarbonyl (C=S) groups is 1. The first-order valence-corrected chi connectivity index (χ1v) is 6.37. The zero-order chi connectivity index (χ0) is 13.8. The van der Waals surface area contributed by atoms with Gasteiger partial charge in [0.1, 0.15) is 5.82 Å². The van der Waals surface area contributed by atoms with E-state index in [1.54, 1.807) is 19.1 Å². The molecule has 0 radical (unpaired) electrons. The molecule has 2 rings (SSSR count). The van der Waals surface area contributed by atoms with Crippen LogP contribution in [0.15, 0.2) is 42.5 Å². The highest BCUT2D eigenvalue weighted by Crippen LogP contribution is 2.16. The van der Waals surface area contributed by atoms with Gasteiger partial charge >= 0.3 is 0 Å². The van der Waals surface area contributed by atoms with Gasteiger partial charge in [0.2, 0.25) is 0 Å². The molecule has 2 aromatic carbocycles. The van der Waals surface area contributed by atoms with Gasteiger partial charge in [-0.15, -0.1) is 0 Å².